The topological polar surface area (TPSA) is 83.6 Å². The summed E-state index contributed by atoms with van der Waals surface area (Å²) in [5, 5.41) is 2.86. The summed E-state index contributed by atoms with van der Waals surface area (Å²) < 4.78 is 23.3. The van der Waals surface area contributed by atoms with Gasteiger partial charge in [0.2, 0.25) is 5.91 Å². The van der Waals surface area contributed by atoms with Crippen LogP contribution in [0.25, 0.3) is 0 Å². The van der Waals surface area contributed by atoms with Gasteiger partial charge in [0.05, 0.1) is 16.7 Å². The molecular formula is C26H26N2O4S2. The number of amides is 2. The average molecular weight is 495 g/mol. The molecule has 8 heteroatoms. The molecule has 1 aliphatic rings. The van der Waals surface area contributed by atoms with E-state index in [1.807, 2.05) is 54.3 Å². The summed E-state index contributed by atoms with van der Waals surface area (Å²) in [5.74, 6) is 0.328. The molecule has 1 heterocycles. The van der Waals surface area contributed by atoms with Crippen LogP contribution in [0.3, 0.4) is 0 Å². The number of nitrogens with one attached hydrogen (secondary N) is 1. The molecule has 0 bridgehead atoms. The van der Waals surface area contributed by atoms with E-state index in [-0.39, 0.29) is 28.1 Å². The second kappa shape index (κ2) is 10.0. The van der Waals surface area contributed by atoms with E-state index >= 15 is 0 Å². The minimum Gasteiger partial charge on any atom is -0.346 e. The quantitative estimate of drug-likeness (QED) is 0.528. The lowest BCUT2D eigenvalue weighted by atomic mass is 10.1. The van der Waals surface area contributed by atoms with Gasteiger partial charge >= 0.3 is 0 Å². The molecule has 0 spiro atoms. The van der Waals surface area contributed by atoms with Crippen molar-refractivity contribution < 1.29 is 18.0 Å². The number of benzene rings is 3. The number of sulfone groups is 1. The normalized spacial score (nSPS) is 16.9. The molecule has 1 aliphatic heterocycles. The Morgan fingerprint density at radius 2 is 1.68 bits per heavy atom. The van der Waals surface area contributed by atoms with Crippen LogP contribution in [-0.2, 0) is 21.2 Å². The highest BCUT2D eigenvalue weighted by Crippen LogP contribution is 2.39. The van der Waals surface area contributed by atoms with Crippen molar-refractivity contribution >= 4 is 33.4 Å². The third-order valence-corrected chi connectivity index (χ3v) is 8.16. The van der Waals surface area contributed by atoms with Crippen LogP contribution in [0.15, 0.2) is 83.8 Å². The van der Waals surface area contributed by atoms with E-state index in [1.54, 1.807) is 48.2 Å². The van der Waals surface area contributed by atoms with Crippen molar-refractivity contribution in [3.05, 3.63) is 101 Å². The van der Waals surface area contributed by atoms with E-state index in [9.17, 15) is 18.0 Å². The summed E-state index contributed by atoms with van der Waals surface area (Å²) in [6, 6.07) is 23.5. The largest absolute Gasteiger partial charge is 0.346 e. The molecule has 0 aromatic heterocycles. The summed E-state index contributed by atoms with van der Waals surface area (Å²) in [7, 11) is -3.26. The van der Waals surface area contributed by atoms with E-state index in [1.165, 1.54) is 0 Å². The smallest absolute Gasteiger partial charge is 0.251 e. The van der Waals surface area contributed by atoms with Gasteiger partial charge in [-0.25, -0.2) is 8.42 Å². The first-order valence-corrected chi connectivity index (χ1v) is 13.8. The zero-order valence-corrected chi connectivity index (χ0v) is 20.6. The van der Waals surface area contributed by atoms with Crippen LogP contribution in [0.5, 0.6) is 0 Å². The Morgan fingerprint density at radius 3 is 2.29 bits per heavy atom. The van der Waals surface area contributed by atoms with Crippen LogP contribution in [0.1, 0.15) is 45.4 Å². The molecule has 2 atom stereocenters. The second-order valence-corrected chi connectivity index (χ2v) is 11.4. The van der Waals surface area contributed by atoms with E-state index in [4.69, 9.17) is 0 Å². The summed E-state index contributed by atoms with van der Waals surface area (Å²) >= 11 is 1.59. The third kappa shape index (κ3) is 5.51. The Bertz CT molecular complexity index is 1270. The Labute approximate surface area is 204 Å². The van der Waals surface area contributed by atoms with Crippen LogP contribution in [0.4, 0.5) is 0 Å². The van der Waals surface area contributed by atoms with Crippen molar-refractivity contribution in [3.63, 3.8) is 0 Å². The molecule has 0 radical (unpaired) electrons. The van der Waals surface area contributed by atoms with E-state index in [2.05, 4.69) is 5.32 Å². The molecule has 1 saturated heterocycles. The summed E-state index contributed by atoms with van der Waals surface area (Å²) in [4.78, 5) is 27.4. The fourth-order valence-electron chi connectivity index (χ4n) is 3.85. The molecule has 176 valence electrons. The van der Waals surface area contributed by atoms with Crippen molar-refractivity contribution in [2.45, 2.75) is 29.8 Å². The van der Waals surface area contributed by atoms with Crippen molar-refractivity contribution in [2.24, 2.45) is 0 Å². The van der Waals surface area contributed by atoms with Gasteiger partial charge in [-0.3, -0.25) is 9.59 Å². The minimum atomic E-state index is -3.26. The summed E-state index contributed by atoms with van der Waals surface area (Å²) in [6.07, 6.45) is 1.16. The molecule has 3 aromatic carbocycles. The molecule has 2 amide bonds. The first kappa shape index (κ1) is 24.0. The fraction of sp³-hybridized carbons (Fsp3) is 0.231. The highest BCUT2D eigenvalue weighted by atomic mass is 32.2. The van der Waals surface area contributed by atoms with Crippen LogP contribution in [0.2, 0.25) is 0 Å². The van der Waals surface area contributed by atoms with Crippen LogP contribution in [0, 0.1) is 0 Å². The van der Waals surface area contributed by atoms with Crippen molar-refractivity contribution in [1.29, 1.82) is 0 Å². The molecule has 1 fully saturated rings. The Balaban J connectivity index is 1.42. The summed E-state index contributed by atoms with van der Waals surface area (Å²) in [5.41, 5.74) is 3.40. The van der Waals surface area contributed by atoms with Gasteiger partial charge in [-0.15, -0.1) is 11.8 Å². The van der Waals surface area contributed by atoms with E-state index < -0.39 is 9.84 Å². The highest BCUT2D eigenvalue weighted by Gasteiger charge is 2.32. The van der Waals surface area contributed by atoms with Crippen LogP contribution < -0.4 is 5.32 Å². The molecule has 0 unspecified atom stereocenters. The maximum Gasteiger partial charge on any atom is 0.251 e. The Hall–Kier alpha value is -3.10. The number of hydrogen-bond acceptors (Lipinski definition) is 5. The number of nitrogens with zero attached hydrogens (tertiary/aromatic N) is 1. The lowest BCUT2D eigenvalue weighted by molar-refractivity contribution is -0.128. The molecule has 4 rings (SSSR count). The predicted molar refractivity (Wildman–Crippen MR) is 134 cm³/mol. The van der Waals surface area contributed by atoms with Gasteiger partial charge in [-0.05, 0) is 47.9 Å². The van der Waals surface area contributed by atoms with Gasteiger partial charge in [0.25, 0.3) is 5.91 Å². The SMILES string of the molecule is C[C@@H](NC(=O)c1ccc([C@H]2SCC(=O)N2Cc2ccccc2)cc1)c1ccc(S(C)(=O)=O)cc1. The van der Waals surface area contributed by atoms with Crippen molar-refractivity contribution in [2.75, 3.05) is 12.0 Å². The number of carbonyl (C=O) groups excluding carboxylic acids is 2. The van der Waals surface area contributed by atoms with Gasteiger partial charge in [-0.2, -0.15) is 0 Å². The van der Waals surface area contributed by atoms with Crippen LogP contribution >= 0.6 is 11.8 Å². The maximum absolute atomic E-state index is 12.8. The van der Waals surface area contributed by atoms with Gasteiger partial charge < -0.3 is 10.2 Å². The molecule has 34 heavy (non-hydrogen) atoms. The van der Waals surface area contributed by atoms with Gasteiger partial charge in [0, 0.05) is 18.4 Å². The van der Waals surface area contributed by atoms with Crippen molar-refractivity contribution in [1.82, 2.24) is 10.2 Å². The van der Waals surface area contributed by atoms with E-state index in [0.29, 0.717) is 17.9 Å². The van der Waals surface area contributed by atoms with Crippen molar-refractivity contribution in [3.8, 4) is 0 Å². The number of thioether (sulfide) groups is 1. The zero-order chi connectivity index (χ0) is 24.3. The molecule has 0 saturated carbocycles. The molecule has 3 aromatic rings. The Morgan fingerprint density at radius 1 is 1.03 bits per heavy atom. The van der Waals surface area contributed by atoms with E-state index in [0.717, 1.165) is 22.9 Å². The minimum absolute atomic E-state index is 0.0860. The highest BCUT2D eigenvalue weighted by molar-refractivity contribution is 8.00. The average Bonchev–Trinajstić information content (AvgIpc) is 3.19. The van der Waals surface area contributed by atoms with Gasteiger partial charge in [-0.1, -0.05) is 54.6 Å². The van der Waals surface area contributed by atoms with Crippen LogP contribution in [-0.4, -0.2) is 37.1 Å². The molecule has 0 aliphatic carbocycles. The van der Waals surface area contributed by atoms with Gasteiger partial charge in [0.15, 0.2) is 9.84 Å². The first-order valence-electron chi connectivity index (χ1n) is 10.9. The number of rotatable bonds is 7. The number of hydrogen-bond donors (Lipinski definition) is 1. The zero-order valence-electron chi connectivity index (χ0n) is 19.0. The predicted octanol–water partition coefficient (Wildman–Crippen LogP) is 4.36. The second-order valence-electron chi connectivity index (χ2n) is 8.33. The summed E-state index contributed by atoms with van der Waals surface area (Å²) in [6.45, 7) is 2.40. The molecular weight excluding hydrogens is 468 g/mol. The maximum atomic E-state index is 12.8. The number of carbonyl (C=O) groups is 2. The standard InChI is InChI=1S/C26H26N2O4S2/c1-18(20-12-14-23(15-13-20)34(2,31)32)27-25(30)21-8-10-22(11-9-21)26-28(24(29)17-33-26)16-19-6-4-3-5-7-19/h3-15,18,26H,16-17H2,1-2H3,(H,27,30)/t18-,26-/m1/s1. The fourth-order valence-corrected chi connectivity index (χ4v) is 5.67. The monoisotopic (exact) mass is 494 g/mol. The lowest BCUT2D eigenvalue weighted by Crippen LogP contribution is -2.28. The molecule has 6 nitrogen and oxygen atoms in total. The lowest BCUT2D eigenvalue weighted by Gasteiger charge is -2.24. The molecule has 1 N–H and O–H groups in total. The van der Waals surface area contributed by atoms with Gasteiger partial charge in [0.1, 0.15) is 5.37 Å². The first-order chi connectivity index (χ1) is 16.2. The Kier molecular flexibility index (Phi) is 7.09. The third-order valence-electron chi connectivity index (χ3n) is 5.78.